The van der Waals surface area contributed by atoms with E-state index in [4.69, 9.17) is 5.10 Å². The van der Waals surface area contributed by atoms with Crippen molar-refractivity contribution in [1.82, 2.24) is 15.1 Å². The van der Waals surface area contributed by atoms with Crippen molar-refractivity contribution in [3.8, 4) is 16.8 Å². The number of hydrogen-bond acceptors (Lipinski definition) is 2. The molecule has 0 radical (unpaired) electrons. The van der Waals surface area contributed by atoms with Gasteiger partial charge in [-0.3, -0.25) is 0 Å². The van der Waals surface area contributed by atoms with Gasteiger partial charge in [-0.25, -0.2) is 4.68 Å². The molecule has 4 rings (SSSR count). The Balaban J connectivity index is 1.85. The van der Waals surface area contributed by atoms with E-state index >= 15 is 0 Å². The zero-order valence-corrected chi connectivity index (χ0v) is 13.2. The van der Waals surface area contributed by atoms with Gasteiger partial charge in [-0.15, -0.1) is 0 Å². The molecule has 3 nitrogen and oxygen atoms in total. The number of para-hydroxylation sites is 1. The van der Waals surface area contributed by atoms with Gasteiger partial charge in [0.2, 0.25) is 0 Å². The minimum Gasteiger partial charge on any atom is -0.317 e. The van der Waals surface area contributed by atoms with Gasteiger partial charge < -0.3 is 5.32 Å². The first-order chi connectivity index (χ1) is 11.4. The second-order valence-corrected chi connectivity index (χ2v) is 6.08. The Morgan fingerprint density at radius 3 is 2.22 bits per heavy atom. The first-order valence-electron chi connectivity index (χ1n) is 8.33. The monoisotopic (exact) mass is 303 g/mol. The van der Waals surface area contributed by atoms with Crippen LogP contribution in [-0.4, -0.2) is 22.9 Å². The largest absolute Gasteiger partial charge is 0.317 e. The van der Waals surface area contributed by atoms with E-state index in [0.717, 1.165) is 18.8 Å². The molecule has 23 heavy (non-hydrogen) atoms. The standard InChI is InChI=1S/C20H21N3/c1-3-7-16(8-4-1)19-15-22-23(18-9-5-2-6-10-18)20(19)17-11-13-21-14-12-17/h1-10,15,17,21H,11-14H2. The average Bonchev–Trinajstić information content (AvgIpc) is 3.09. The molecule has 3 heteroatoms. The van der Waals surface area contributed by atoms with E-state index in [9.17, 15) is 0 Å². The highest BCUT2D eigenvalue weighted by atomic mass is 15.3. The van der Waals surface area contributed by atoms with E-state index in [0.29, 0.717) is 5.92 Å². The van der Waals surface area contributed by atoms with Gasteiger partial charge in [0.1, 0.15) is 0 Å². The molecule has 116 valence electrons. The van der Waals surface area contributed by atoms with Gasteiger partial charge in [-0.2, -0.15) is 5.10 Å². The van der Waals surface area contributed by atoms with Crippen molar-refractivity contribution in [3.63, 3.8) is 0 Å². The van der Waals surface area contributed by atoms with E-state index in [1.54, 1.807) is 0 Å². The summed E-state index contributed by atoms with van der Waals surface area (Å²) in [6.45, 7) is 2.16. The van der Waals surface area contributed by atoms with Crippen LogP contribution in [0, 0.1) is 0 Å². The first kappa shape index (κ1) is 14.2. The second kappa shape index (κ2) is 6.39. The summed E-state index contributed by atoms with van der Waals surface area (Å²) in [5, 5.41) is 8.20. The molecule has 1 aromatic heterocycles. The molecule has 0 saturated carbocycles. The molecule has 1 N–H and O–H groups in total. The van der Waals surface area contributed by atoms with Crippen LogP contribution in [0.15, 0.2) is 66.9 Å². The number of nitrogens with zero attached hydrogens (tertiary/aromatic N) is 2. The lowest BCUT2D eigenvalue weighted by molar-refractivity contribution is 0.446. The molecule has 0 spiro atoms. The third-order valence-electron chi connectivity index (χ3n) is 4.62. The topological polar surface area (TPSA) is 29.9 Å². The zero-order valence-electron chi connectivity index (χ0n) is 13.2. The molecule has 0 unspecified atom stereocenters. The molecular weight excluding hydrogens is 282 g/mol. The lowest BCUT2D eigenvalue weighted by Gasteiger charge is -2.25. The van der Waals surface area contributed by atoms with Crippen molar-refractivity contribution in [2.75, 3.05) is 13.1 Å². The highest BCUT2D eigenvalue weighted by Gasteiger charge is 2.24. The summed E-state index contributed by atoms with van der Waals surface area (Å²) in [7, 11) is 0. The van der Waals surface area contributed by atoms with E-state index in [1.807, 2.05) is 6.20 Å². The van der Waals surface area contributed by atoms with Gasteiger partial charge in [0.15, 0.2) is 0 Å². The fourth-order valence-corrected chi connectivity index (χ4v) is 3.46. The first-order valence-corrected chi connectivity index (χ1v) is 8.33. The van der Waals surface area contributed by atoms with Gasteiger partial charge >= 0.3 is 0 Å². The zero-order chi connectivity index (χ0) is 15.5. The highest BCUT2D eigenvalue weighted by molar-refractivity contribution is 5.67. The summed E-state index contributed by atoms with van der Waals surface area (Å²) in [5.41, 5.74) is 5.01. The summed E-state index contributed by atoms with van der Waals surface area (Å²) in [6.07, 6.45) is 4.36. The molecule has 1 aliphatic heterocycles. The Hall–Kier alpha value is -2.39. The molecule has 0 bridgehead atoms. The van der Waals surface area contributed by atoms with E-state index < -0.39 is 0 Å². The fourth-order valence-electron chi connectivity index (χ4n) is 3.46. The fraction of sp³-hybridized carbons (Fsp3) is 0.250. The molecule has 2 aromatic carbocycles. The summed E-state index contributed by atoms with van der Waals surface area (Å²) in [5.74, 6) is 0.550. The highest BCUT2D eigenvalue weighted by Crippen LogP contribution is 2.35. The maximum atomic E-state index is 4.73. The Kier molecular flexibility index (Phi) is 3.95. The van der Waals surface area contributed by atoms with Gasteiger partial charge in [0.05, 0.1) is 17.6 Å². The molecule has 0 aliphatic carbocycles. The third-order valence-corrected chi connectivity index (χ3v) is 4.62. The molecule has 3 aromatic rings. The normalized spacial score (nSPS) is 15.7. The van der Waals surface area contributed by atoms with Crippen molar-refractivity contribution in [1.29, 1.82) is 0 Å². The van der Waals surface area contributed by atoms with Crippen molar-refractivity contribution in [2.24, 2.45) is 0 Å². The van der Waals surface area contributed by atoms with E-state index in [2.05, 4.69) is 70.7 Å². The van der Waals surface area contributed by atoms with Gasteiger partial charge in [0, 0.05) is 11.5 Å². The Labute approximate surface area is 137 Å². The van der Waals surface area contributed by atoms with Crippen LogP contribution < -0.4 is 5.32 Å². The molecule has 1 saturated heterocycles. The van der Waals surface area contributed by atoms with Crippen LogP contribution in [0.3, 0.4) is 0 Å². The minimum atomic E-state index is 0.550. The molecule has 1 fully saturated rings. The Bertz CT molecular complexity index is 699. The number of hydrogen-bond donors (Lipinski definition) is 1. The average molecular weight is 303 g/mol. The summed E-state index contributed by atoms with van der Waals surface area (Å²) in [4.78, 5) is 0. The maximum absolute atomic E-state index is 4.73. The van der Waals surface area contributed by atoms with E-state index in [1.165, 1.54) is 29.7 Å². The van der Waals surface area contributed by atoms with Gasteiger partial charge in [-0.05, 0) is 43.6 Å². The lowest BCUT2D eigenvalue weighted by atomic mass is 9.90. The third kappa shape index (κ3) is 2.80. The lowest BCUT2D eigenvalue weighted by Crippen LogP contribution is -2.28. The van der Waals surface area contributed by atoms with Crippen molar-refractivity contribution in [3.05, 3.63) is 72.6 Å². The summed E-state index contributed by atoms with van der Waals surface area (Å²) in [6, 6.07) is 21.1. The van der Waals surface area contributed by atoms with Crippen LogP contribution in [0.1, 0.15) is 24.5 Å². The van der Waals surface area contributed by atoms with Crippen LogP contribution in [0.5, 0.6) is 0 Å². The maximum Gasteiger partial charge on any atom is 0.0649 e. The number of nitrogens with one attached hydrogen (secondary N) is 1. The smallest absolute Gasteiger partial charge is 0.0649 e. The minimum absolute atomic E-state index is 0.550. The SMILES string of the molecule is c1ccc(-c2cnn(-c3ccccc3)c2C2CCNCC2)cc1. The summed E-state index contributed by atoms with van der Waals surface area (Å²) < 4.78 is 2.14. The van der Waals surface area contributed by atoms with Crippen molar-refractivity contribution in [2.45, 2.75) is 18.8 Å². The van der Waals surface area contributed by atoms with Gasteiger partial charge in [-0.1, -0.05) is 48.5 Å². The summed E-state index contributed by atoms with van der Waals surface area (Å²) >= 11 is 0. The van der Waals surface area contributed by atoms with Gasteiger partial charge in [0.25, 0.3) is 0 Å². The number of rotatable bonds is 3. The molecule has 2 heterocycles. The van der Waals surface area contributed by atoms with Crippen LogP contribution in [0.2, 0.25) is 0 Å². The predicted molar refractivity (Wildman–Crippen MR) is 93.8 cm³/mol. The molecule has 1 aliphatic rings. The quantitative estimate of drug-likeness (QED) is 0.792. The van der Waals surface area contributed by atoms with Crippen LogP contribution in [0.25, 0.3) is 16.8 Å². The van der Waals surface area contributed by atoms with E-state index in [-0.39, 0.29) is 0 Å². The Morgan fingerprint density at radius 1 is 0.870 bits per heavy atom. The second-order valence-electron chi connectivity index (χ2n) is 6.08. The van der Waals surface area contributed by atoms with Crippen LogP contribution >= 0.6 is 0 Å². The number of aromatic nitrogens is 2. The predicted octanol–water partition coefficient (Wildman–Crippen LogP) is 4.01. The van der Waals surface area contributed by atoms with Crippen LogP contribution in [0.4, 0.5) is 0 Å². The molecule has 0 amide bonds. The molecule has 0 atom stereocenters. The van der Waals surface area contributed by atoms with Crippen molar-refractivity contribution >= 4 is 0 Å². The van der Waals surface area contributed by atoms with Crippen LogP contribution in [-0.2, 0) is 0 Å². The number of benzene rings is 2. The van der Waals surface area contributed by atoms with Crippen molar-refractivity contribution < 1.29 is 0 Å². The Morgan fingerprint density at radius 2 is 1.52 bits per heavy atom. The number of piperidine rings is 1. The molecular formula is C20H21N3.